The minimum atomic E-state index is -0.414. The number of allylic oxidation sites excluding steroid dienone is 2. The van der Waals surface area contributed by atoms with Crippen molar-refractivity contribution in [3.63, 3.8) is 0 Å². The van der Waals surface area contributed by atoms with Crippen molar-refractivity contribution < 1.29 is 4.79 Å². The van der Waals surface area contributed by atoms with Crippen LogP contribution in [0.2, 0.25) is 0 Å². The van der Waals surface area contributed by atoms with Crippen LogP contribution in [-0.4, -0.2) is 5.91 Å². The van der Waals surface area contributed by atoms with Crippen LogP contribution in [0.25, 0.3) is 0 Å². The Hall–Kier alpha value is -1.49. The molecule has 0 aromatic carbocycles. The fourth-order valence-corrected chi connectivity index (χ4v) is 0.734. The van der Waals surface area contributed by atoms with E-state index >= 15 is 0 Å². The van der Waals surface area contributed by atoms with Gasteiger partial charge in [0.2, 0.25) is 5.91 Å². The van der Waals surface area contributed by atoms with Crippen LogP contribution in [0.5, 0.6) is 0 Å². The summed E-state index contributed by atoms with van der Waals surface area (Å²) in [5.74, 6) is -0.414. The highest BCUT2D eigenvalue weighted by Gasteiger charge is 2.05. The van der Waals surface area contributed by atoms with E-state index in [0.717, 1.165) is 5.57 Å². The molecule has 0 bridgehead atoms. The van der Waals surface area contributed by atoms with Crippen molar-refractivity contribution in [1.82, 2.24) is 0 Å². The van der Waals surface area contributed by atoms with Crippen molar-refractivity contribution in [3.05, 3.63) is 34.8 Å². The van der Waals surface area contributed by atoms with Gasteiger partial charge in [0.1, 0.15) is 0 Å². The van der Waals surface area contributed by atoms with E-state index in [-0.39, 0.29) is 0 Å². The molecular formula is C8H7NO. The zero-order chi connectivity index (χ0) is 7.56. The Kier molecular flexibility index (Phi) is 1.59. The molecule has 0 aliphatic heterocycles. The first-order valence-corrected chi connectivity index (χ1v) is 2.90. The largest absolute Gasteiger partial charge is 0.366 e. The lowest BCUT2D eigenvalue weighted by Crippen LogP contribution is -2.14. The van der Waals surface area contributed by atoms with Crippen molar-refractivity contribution >= 4 is 5.91 Å². The maximum atomic E-state index is 10.6. The average molecular weight is 133 g/mol. The Bertz CT molecular complexity index is 297. The summed E-state index contributed by atoms with van der Waals surface area (Å²) < 4.78 is 0. The molecule has 0 aromatic rings. The smallest absolute Gasteiger partial charge is 0.249 e. The third kappa shape index (κ3) is 1.08. The predicted molar refractivity (Wildman–Crippen MR) is 38.1 cm³/mol. The summed E-state index contributed by atoms with van der Waals surface area (Å²) in [5.41, 5.74) is 11.8. The number of nitrogens with two attached hydrogens (primary N) is 1. The Balaban J connectivity index is 3.08. The van der Waals surface area contributed by atoms with Crippen molar-refractivity contribution in [3.8, 4) is 0 Å². The van der Waals surface area contributed by atoms with Crippen LogP contribution >= 0.6 is 0 Å². The van der Waals surface area contributed by atoms with Gasteiger partial charge in [-0.15, -0.1) is 0 Å². The highest BCUT2D eigenvalue weighted by molar-refractivity contribution is 5.96. The van der Waals surface area contributed by atoms with Crippen molar-refractivity contribution in [2.24, 2.45) is 5.73 Å². The molecule has 0 spiro atoms. The van der Waals surface area contributed by atoms with Crippen LogP contribution < -0.4 is 5.73 Å². The standard InChI is InChI=1S/C8H7NO/c1-6-4-2-3-5-7(6)8(9)10/h3,5H,1H3,(H2,9,10). The zero-order valence-corrected chi connectivity index (χ0v) is 5.64. The maximum Gasteiger partial charge on any atom is 0.249 e. The minimum Gasteiger partial charge on any atom is -0.366 e. The molecule has 50 valence electrons. The van der Waals surface area contributed by atoms with E-state index in [1.807, 2.05) is 0 Å². The van der Waals surface area contributed by atoms with E-state index in [9.17, 15) is 4.79 Å². The molecule has 1 amide bonds. The quantitative estimate of drug-likeness (QED) is 0.525. The van der Waals surface area contributed by atoms with Gasteiger partial charge in [-0.05, 0) is 19.1 Å². The molecule has 1 rings (SSSR count). The van der Waals surface area contributed by atoms with Gasteiger partial charge >= 0.3 is 0 Å². The van der Waals surface area contributed by atoms with Crippen LogP contribution in [0.15, 0.2) is 34.8 Å². The van der Waals surface area contributed by atoms with E-state index < -0.39 is 5.91 Å². The lowest BCUT2D eigenvalue weighted by molar-refractivity contribution is -0.114. The van der Waals surface area contributed by atoms with Crippen molar-refractivity contribution in [2.75, 3.05) is 0 Å². The number of amides is 1. The van der Waals surface area contributed by atoms with Crippen LogP contribution in [0, 0.1) is 0 Å². The molecule has 2 heteroatoms. The molecule has 10 heavy (non-hydrogen) atoms. The molecule has 1 aliphatic rings. The van der Waals surface area contributed by atoms with Crippen molar-refractivity contribution in [1.29, 1.82) is 0 Å². The Morgan fingerprint density at radius 2 is 2.40 bits per heavy atom. The molecule has 2 nitrogen and oxygen atoms in total. The topological polar surface area (TPSA) is 43.1 Å². The lowest BCUT2D eigenvalue weighted by atomic mass is 10.1. The van der Waals surface area contributed by atoms with Crippen LogP contribution in [0.3, 0.4) is 0 Å². The summed E-state index contributed by atoms with van der Waals surface area (Å²) in [6.45, 7) is 1.77. The van der Waals surface area contributed by atoms with Gasteiger partial charge in [0.25, 0.3) is 0 Å². The summed E-state index contributed by atoms with van der Waals surface area (Å²) in [7, 11) is 0. The van der Waals surface area contributed by atoms with Gasteiger partial charge in [0.05, 0.1) is 5.57 Å². The SMILES string of the molecule is CC1=C=C=CC=C1C(N)=O. The maximum absolute atomic E-state index is 10.6. The number of carbonyl (C=O) groups excluding carboxylic acids is 1. The Morgan fingerprint density at radius 1 is 1.70 bits per heavy atom. The summed E-state index contributed by atoms with van der Waals surface area (Å²) in [4.78, 5) is 10.6. The summed E-state index contributed by atoms with van der Waals surface area (Å²) >= 11 is 0. The summed E-state index contributed by atoms with van der Waals surface area (Å²) in [6, 6.07) is 0. The van der Waals surface area contributed by atoms with Gasteiger partial charge in [-0.2, -0.15) is 0 Å². The second-order valence-electron chi connectivity index (χ2n) is 2.01. The second-order valence-corrected chi connectivity index (χ2v) is 2.01. The van der Waals surface area contributed by atoms with Gasteiger partial charge < -0.3 is 5.73 Å². The first kappa shape index (κ1) is 6.63. The normalized spacial score (nSPS) is 14.5. The molecule has 0 fully saturated rings. The number of hydrogen-bond acceptors (Lipinski definition) is 1. The summed E-state index contributed by atoms with van der Waals surface area (Å²) in [6.07, 6.45) is 3.25. The molecular weight excluding hydrogens is 126 g/mol. The van der Waals surface area contributed by atoms with Crippen LogP contribution in [-0.2, 0) is 4.79 Å². The number of rotatable bonds is 1. The molecule has 0 atom stereocenters. The highest BCUT2D eigenvalue weighted by atomic mass is 16.1. The summed E-state index contributed by atoms with van der Waals surface area (Å²) in [5, 5.41) is 0. The third-order valence-corrected chi connectivity index (χ3v) is 1.26. The lowest BCUT2D eigenvalue weighted by Gasteiger charge is -1.98. The van der Waals surface area contributed by atoms with E-state index in [1.54, 1.807) is 19.1 Å². The van der Waals surface area contributed by atoms with Crippen LogP contribution in [0.4, 0.5) is 0 Å². The first-order chi connectivity index (χ1) is 4.72. The molecule has 1 aliphatic carbocycles. The predicted octanol–water partition coefficient (Wildman–Crippen LogP) is 0.668. The number of primary amides is 1. The monoisotopic (exact) mass is 133 g/mol. The zero-order valence-electron chi connectivity index (χ0n) is 5.64. The second kappa shape index (κ2) is 2.40. The first-order valence-electron chi connectivity index (χ1n) is 2.90. The third-order valence-electron chi connectivity index (χ3n) is 1.26. The van der Waals surface area contributed by atoms with Gasteiger partial charge in [0, 0.05) is 5.57 Å². The Morgan fingerprint density at radius 3 is 2.80 bits per heavy atom. The molecule has 2 N–H and O–H groups in total. The van der Waals surface area contributed by atoms with E-state index in [2.05, 4.69) is 11.5 Å². The number of hydrogen-bond donors (Lipinski definition) is 1. The Labute approximate surface area is 59.0 Å². The van der Waals surface area contributed by atoms with Gasteiger partial charge in [-0.3, -0.25) is 4.79 Å². The van der Waals surface area contributed by atoms with E-state index in [0.29, 0.717) is 5.57 Å². The highest BCUT2D eigenvalue weighted by Crippen LogP contribution is 2.08. The fourth-order valence-electron chi connectivity index (χ4n) is 0.734. The van der Waals surface area contributed by atoms with Crippen LogP contribution in [0.1, 0.15) is 6.92 Å². The number of carbonyl (C=O) groups is 1. The van der Waals surface area contributed by atoms with Gasteiger partial charge in [-0.1, -0.05) is 11.5 Å². The van der Waals surface area contributed by atoms with Gasteiger partial charge in [0.15, 0.2) is 0 Å². The molecule has 0 saturated carbocycles. The van der Waals surface area contributed by atoms with Crippen molar-refractivity contribution in [2.45, 2.75) is 6.92 Å². The van der Waals surface area contributed by atoms with E-state index in [4.69, 9.17) is 5.73 Å². The van der Waals surface area contributed by atoms with Gasteiger partial charge in [-0.25, -0.2) is 0 Å². The van der Waals surface area contributed by atoms with E-state index in [1.165, 1.54) is 0 Å². The average Bonchev–Trinajstić information content (AvgIpc) is 1.88. The molecule has 0 unspecified atom stereocenters. The molecule has 0 radical (unpaired) electrons. The molecule has 0 heterocycles. The molecule has 0 aromatic heterocycles. The molecule has 0 saturated heterocycles. The minimum absolute atomic E-state index is 0.414. The fraction of sp³-hybridized carbons (Fsp3) is 0.125.